The van der Waals surface area contributed by atoms with Crippen LogP contribution in [-0.4, -0.2) is 18.4 Å². The molecule has 1 aromatic carbocycles. The summed E-state index contributed by atoms with van der Waals surface area (Å²) in [5.41, 5.74) is 2.83. The lowest BCUT2D eigenvalue weighted by Gasteiger charge is -2.20. The number of nitrogens with zero attached hydrogens (tertiary/aromatic N) is 1. The van der Waals surface area contributed by atoms with E-state index >= 15 is 0 Å². The van der Waals surface area contributed by atoms with E-state index in [1.165, 1.54) is 0 Å². The average Bonchev–Trinajstić information content (AvgIpc) is 2.53. The number of anilines is 2. The summed E-state index contributed by atoms with van der Waals surface area (Å²) in [5, 5.41) is 2.61. The Labute approximate surface area is 94.2 Å². The Hall–Kier alpha value is -1.84. The van der Waals surface area contributed by atoms with Crippen LogP contribution < -0.4 is 10.2 Å². The molecule has 1 N–H and O–H groups in total. The molecule has 1 aliphatic heterocycles. The van der Waals surface area contributed by atoms with Gasteiger partial charge in [0.05, 0.1) is 0 Å². The summed E-state index contributed by atoms with van der Waals surface area (Å²) in [6.45, 7) is 3.59. The summed E-state index contributed by atoms with van der Waals surface area (Å²) in [6, 6.07) is 5.80. The number of carbonyl (C=O) groups excluding carboxylic acids is 2. The molecular weight excluding hydrogens is 204 g/mol. The van der Waals surface area contributed by atoms with Crippen molar-refractivity contribution < 1.29 is 9.59 Å². The largest absolute Gasteiger partial charge is 0.329 e. The summed E-state index contributed by atoms with van der Waals surface area (Å²) in [5.74, 6) is 0.0577. The summed E-state index contributed by atoms with van der Waals surface area (Å²) in [4.78, 5) is 23.6. The summed E-state index contributed by atoms with van der Waals surface area (Å²) in [7, 11) is 0. The van der Waals surface area contributed by atoms with E-state index in [4.69, 9.17) is 0 Å². The molecule has 84 valence electrons. The van der Waals surface area contributed by atoms with E-state index in [1.807, 2.05) is 19.1 Å². The van der Waals surface area contributed by atoms with Crippen LogP contribution in [0.5, 0.6) is 0 Å². The Balaban J connectivity index is 2.38. The van der Waals surface area contributed by atoms with E-state index in [1.54, 1.807) is 17.9 Å². The first-order valence-electron chi connectivity index (χ1n) is 5.26. The quantitative estimate of drug-likeness (QED) is 0.766. The molecule has 0 spiro atoms. The predicted octanol–water partition coefficient (Wildman–Crippen LogP) is 1.55. The molecule has 16 heavy (non-hydrogen) atoms. The number of amides is 2. The van der Waals surface area contributed by atoms with Crippen LogP contribution in [0.4, 0.5) is 11.4 Å². The molecule has 1 aromatic rings. The highest BCUT2D eigenvalue weighted by molar-refractivity contribution is 5.95. The van der Waals surface area contributed by atoms with Crippen LogP contribution in [0.25, 0.3) is 0 Å². The number of carbonyl (C=O) groups is 2. The summed E-state index contributed by atoms with van der Waals surface area (Å²) in [6.07, 6.45) is 1.49. The molecule has 0 radical (unpaired) electrons. The maximum atomic E-state index is 11.5. The number of rotatable bonds is 2. The average molecular weight is 218 g/mol. The molecule has 2 amide bonds. The Morgan fingerprint density at radius 2 is 2.31 bits per heavy atom. The van der Waals surface area contributed by atoms with Crippen LogP contribution in [0.15, 0.2) is 18.2 Å². The highest BCUT2D eigenvalue weighted by Crippen LogP contribution is 2.33. The first-order valence-corrected chi connectivity index (χ1v) is 5.26. The van der Waals surface area contributed by atoms with E-state index < -0.39 is 0 Å². The van der Waals surface area contributed by atoms with Crippen molar-refractivity contribution in [1.29, 1.82) is 0 Å². The van der Waals surface area contributed by atoms with Crippen LogP contribution in [0, 0.1) is 0 Å². The van der Waals surface area contributed by atoms with Gasteiger partial charge in [-0.3, -0.25) is 9.59 Å². The zero-order valence-corrected chi connectivity index (χ0v) is 9.36. The molecule has 4 nitrogen and oxygen atoms in total. The third-order valence-electron chi connectivity index (χ3n) is 2.86. The van der Waals surface area contributed by atoms with Crippen molar-refractivity contribution in [3.63, 3.8) is 0 Å². The third kappa shape index (κ3) is 1.66. The fourth-order valence-corrected chi connectivity index (χ4v) is 2.27. The second kappa shape index (κ2) is 3.96. The lowest BCUT2D eigenvalue weighted by Crippen LogP contribution is -2.33. The van der Waals surface area contributed by atoms with Gasteiger partial charge in [-0.15, -0.1) is 0 Å². The van der Waals surface area contributed by atoms with Gasteiger partial charge in [-0.1, -0.05) is 0 Å². The number of fused-ring (bicyclic) bond motifs is 1. The standard InChI is InChI=1S/C12H14N2O2/c1-8-5-10-6-11(13-7-15)3-4-12(10)14(8)9(2)16/h3-4,6-8H,5H2,1-2H3,(H,13,15). The second-order valence-electron chi connectivity index (χ2n) is 4.05. The van der Waals surface area contributed by atoms with Gasteiger partial charge >= 0.3 is 0 Å². The minimum atomic E-state index is 0.0577. The van der Waals surface area contributed by atoms with Crippen LogP contribution >= 0.6 is 0 Å². The van der Waals surface area contributed by atoms with Gasteiger partial charge in [0.1, 0.15) is 0 Å². The smallest absolute Gasteiger partial charge is 0.224 e. The first kappa shape index (κ1) is 10.7. The molecule has 0 saturated carbocycles. The molecule has 1 unspecified atom stereocenters. The van der Waals surface area contributed by atoms with Crippen molar-refractivity contribution >= 4 is 23.7 Å². The van der Waals surface area contributed by atoms with Crippen molar-refractivity contribution in [1.82, 2.24) is 0 Å². The lowest BCUT2D eigenvalue weighted by molar-refractivity contribution is -0.116. The minimum absolute atomic E-state index is 0.0577. The van der Waals surface area contributed by atoms with Gasteiger partial charge < -0.3 is 10.2 Å². The van der Waals surface area contributed by atoms with Crippen molar-refractivity contribution in [2.24, 2.45) is 0 Å². The van der Waals surface area contributed by atoms with Gasteiger partial charge in [0, 0.05) is 24.3 Å². The SMILES string of the molecule is CC(=O)N1c2ccc(NC=O)cc2CC1C. The van der Waals surface area contributed by atoms with Crippen LogP contribution in [0.3, 0.4) is 0 Å². The van der Waals surface area contributed by atoms with Crippen molar-refractivity contribution in [3.05, 3.63) is 23.8 Å². The first-order chi connectivity index (χ1) is 7.63. The Kier molecular flexibility index (Phi) is 2.64. The molecule has 1 aliphatic rings. The third-order valence-corrected chi connectivity index (χ3v) is 2.86. The number of hydrogen-bond donors (Lipinski definition) is 1. The van der Waals surface area contributed by atoms with Gasteiger partial charge in [-0.05, 0) is 37.1 Å². The Morgan fingerprint density at radius 3 is 2.94 bits per heavy atom. The van der Waals surface area contributed by atoms with E-state index in [9.17, 15) is 9.59 Å². The molecule has 1 heterocycles. The molecule has 0 aromatic heterocycles. The Bertz CT molecular complexity index is 443. The van der Waals surface area contributed by atoms with Gasteiger partial charge in [0.15, 0.2) is 0 Å². The topological polar surface area (TPSA) is 49.4 Å². The maximum Gasteiger partial charge on any atom is 0.224 e. The highest BCUT2D eigenvalue weighted by atomic mass is 16.2. The highest BCUT2D eigenvalue weighted by Gasteiger charge is 2.28. The second-order valence-corrected chi connectivity index (χ2v) is 4.05. The number of benzene rings is 1. The van der Waals surface area contributed by atoms with Crippen molar-refractivity contribution in [2.75, 3.05) is 10.2 Å². The van der Waals surface area contributed by atoms with Crippen molar-refractivity contribution in [3.8, 4) is 0 Å². The molecular formula is C12H14N2O2. The molecule has 4 heteroatoms. The summed E-state index contributed by atoms with van der Waals surface area (Å²) < 4.78 is 0. The van der Waals surface area contributed by atoms with E-state index in [0.29, 0.717) is 6.41 Å². The fraction of sp³-hybridized carbons (Fsp3) is 0.333. The number of nitrogens with one attached hydrogen (secondary N) is 1. The zero-order valence-electron chi connectivity index (χ0n) is 9.36. The maximum absolute atomic E-state index is 11.5. The van der Waals surface area contributed by atoms with E-state index in [-0.39, 0.29) is 11.9 Å². The predicted molar refractivity (Wildman–Crippen MR) is 62.5 cm³/mol. The zero-order chi connectivity index (χ0) is 11.7. The monoisotopic (exact) mass is 218 g/mol. The van der Waals surface area contributed by atoms with Gasteiger partial charge in [-0.2, -0.15) is 0 Å². The lowest BCUT2D eigenvalue weighted by atomic mass is 10.1. The van der Waals surface area contributed by atoms with Gasteiger partial charge in [0.25, 0.3) is 0 Å². The molecule has 0 fully saturated rings. The molecule has 0 saturated heterocycles. The number of hydrogen-bond acceptors (Lipinski definition) is 2. The molecule has 0 aliphatic carbocycles. The van der Waals surface area contributed by atoms with Crippen molar-refractivity contribution in [2.45, 2.75) is 26.3 Å². The van der Waals surface area contributed by atoms with E-state index in [0.717, 1.165) is 23.4 Å². The van der Waals surface area contributed by atoms with Gasteiger partial charge in [-0.25, -0.2) is 0 Å². The van der Waals surface area contributed by atoms with Crippen LogP contribution in [0.1, 0.15) is 19.4 Å². The molecule has 2 rings (SSSR count). The molecule has 0 bridgehead atoms. The normalized spacial score (nSPS) is 18.1. The van der Waals surface area contributed by atoms with Gasteiger partial charge in [0.2, 0.25) is 12.3 Å². The fourth-order valence-electron chi connectivity index (χ4n) is 2.27. The van der Waals surface area contributed by atoms with Crippen LogP contribution in [0.2, 0.25) is 0 Å². The Morgan fingerprint density at radius 1 is 1.56 bits per heavy atom. The summed E-state index contributed by atoms with van der Waals surface area (Å²) >= 11 is 0. The van der Waals surface area contributed by atoms with Crippen LogP contribution in [-0.2, 0) is 16.0 Å². The molecule has 1 atom stereocenters. The minimum Gasteiger partial charge on any atom is -0.329 e. The van der Waals surface area contributed by atoms with E-state index in [2.05, 4.69) is 5.32 Å².